The summed E-state index contributed by atoms with van der Waals surface area (Å²) < 4.78 is 5.92. The molecule has 1 saturated carbocycles. The second-order valence-electron chi connectivity index (χ2n) is 9.67. The molecule has 1 aromatic heterocycles. The number of pyridine rings is 1. The zero-order chi connectivity index (χ0) is 24.9. The van der Waals surface area contributed by atoms with E-state index in [1.165, 1.54) is 0 Å². The molecule has 1 fully saturated rings. The third-order valence-electron chi connectivity index (χ3n) is 5.56. The number of allylic oxidation sites excluding steroid dienone is 1. The second kappa shape index (κ2) is 11.1. The molecule has 9 nitrogen and oxygen atoms in total. The van der Waals surface area contributed by atoms with Crippen molar-refractivity contribution in [3.8, 4) is 0 Å². The number of ether oxygens (including phenoxy) is 1. The number of quaternary nitrogens is 1. The smallest absolute Gasteiger partial charge is 0.407 e. The van der Waals surface area contributed by atoms with E-state index >= 15 is 0 Å². The topological polar surface area (TPSA) is 133 Å². The average Bonchev–Trinajstić information content (AvgIpc) is 2.77. The monoisotopic (exact) mass is 531 g/mol. The summed E-state index contributed by atoms with van der Waals surface area (Å²) in [7, 11) is 0. The minimum absolute atomic E-state index is 0.0207. The van der Waals surface area contributed by atoms with Gasteiger partial charge < -0.3 is 20.8 Å². The van der Waals surface area contributed by atoms with Crippen molar-refractivity contribution < 1.29 is 19.6 Å². The summed E-state index contributed by atoms with van der Waals surface area (Å²) in [5, 5.41) is 15.1. The Labute approximate surface area is 208 Å². The van der Waals surface area contributed by atoms with Crippen LogP contribution in [-0.4, -0.2) is 40.6 Å². The number of amides is 2. The number of nitrogens with zero attached hydrogens (tertiary/aromatic N) is 2. The third-order valence-corrected chi connectivity index (χ3v) is 6.19. The lowest BCUT2D eigenvalue weighted by Gasteiger charge is -2.35. The van der Waals surface area contributed by atoms with Crippen LogP contribution in [0.5, 0.6) is 0 Å². The first-order valence-electron chi connectivity index (χ1n) is 11.3. The van der Waals surface area contributed by atoms with Crippen molar-refractivity contribution in [2.24, 2.45) is 10.9 Å². The lowest BCUT2D eigenvalue weighted by molar-refractivity contribution is -0.536. The van der Waals surface area contributed by atoms with Crippen LogP contribution in [0, 0.1) is 11.3 Å². The molecule has 0 spiro atoms. The highest BCUT2D eigenvalue weighted by Crippen LogP contribution is 2.39. The number of aliphatic imine (C=N–C) groups is 1. The number of nitrogens with one attached hydrogen (secondary N) is 3. The molecule has 1 aliphatic heterocycles. The maximum Gasteiger partial charge on any atom is 0.407 e. The fraction of sp³-hybridized carbons (Fsp3) is 0.458. The number of hydrogen-bond acceptors (Lipinski definition) is 6. The van der Waals surface area contributed by atoms with Crippen molar-refractivity contribution in [2.75, 3.05) is 5.32 Å². The highest BCUT2D eigenvalue weighted by molar-refractivity contribution is 9.12. The van der Waals surface area contributed by atoms with Crippen LogP contribution in [0.4, 0.5) is 10.5 Å². The Kier molecular flexibility index (Phi) is 8.37. The minimum atomic E-state index is -0.552. The summed E-state index contributed by atoms with van der Waals surface area (Å²) in [4.78, 5) is 33.8. The van der Waals surface area contributed by atoms with E-state index in [1.807, 2.05) is 26.8 Å². The molecule has 2 heterocycles. The highest BCUT2D eigenvalue weighted by atomic mass is 79.9. The highest BCUT2D eigenvalue weighted by Gasteiger charge is 2.31. The van der Waals surface area contributed by atoms with Crippen LogP contribution < -0.4 is 16.0 Å². The Morgan fingerprint density at radius 1 is 1.29 bits per heavy atom. The largest absolute Gasteiger partial charge is 0.444 e. The van der Waals surface area contributed by atoms with E-state index in [-0.39, 0.29) is 23.6 Å². The van der Waals surface area contributed by atoms with Crippen LogP contribution in [0.2, 0.25) is 0 Å². The van der Waals surface area contributed by atoms with E-state index in [4.69, 9.17) is 10.1 Å². The van der Waals surface area contributed by atoms with Crippen molar-refractivity contribution in [3.63, 3.8) is 0 Å². The van der Waals surface area contributed by atoms with Gasteiger partial charge in [-0.15, -0.1) is 0 Å². The first-order chi connectivity index (χ1) is 16.1. The van der Waals surface area contributed by atoms with Crippen molar-refractivity contribution in [1.82, 2.24) is 10.3 Å². The van der Waals surface area contributed by atoms with Crippen LogP contribution in [0.3, 0.4) is 0 Å². The fourth-order valence-electron chi connectivity index (χ4n) is 4.27. The van der Waals surface area contributed by atoms with Crippen LogP contribution in [-0.2, 0) is 9.53 Å². The summed E-state index contributed by atoms with van der Waals surface area (Å²) in [6.07, 6.45) is 9.99. The first-order valence-corrected chi connectivity index (χ1v) is 12.1. The van der Waals surface area contributed by atoms with E-state index < -0.39 is 11.7 Å². The molecule has 10 heteroatoms. The van der Waals surface area contributed by atoms with Crippen molar-refractivity contribution in [2.45, 2.75) is 64.5 Å². The number of aromatic nitrogens is 1. The van der Waals surface area contributed by atoms with Gasteiger partial charge in [-0.05, 0) is 79.4 Å². The molecule has 0 bridgehead atoms. The average molecular weight is 532 g/mol. The van der Waals surface area contributed by atoms with Crippen LogP contribution in [0.15, 0.2) is 46.0 Å². The SMILES string of the molecule is C[C@@H]1C[C@H](NC(=O)OC(C)(C)C)C[C@H](c2ccncc2NC(=O)C2=N/C(=C(\Br)C=N)[NH2+]C=C2)C1. The number of carbonyl (C=O) groups is 2. The van der Waals surface area contributed by atoms with Crippen LogP contribution >= 0.6 is 15.9 Å². The molecule has 2 amide bonds. The summed E-state index contributed by atoms with van der Waals surface area (Å²) >= 11 is 3.27. The third kappa shape index (κ3) is 7.07. The molecule has 0 saturated heterocycles. The Morgan fingerprint density at radius 2 is 2.06 bits per heavy atom. The zero-order valence-corrected chi connectivity index (χ0v) is 21.5. The van der Waals surface area contributed by atoms with Gasteiger partial charge in [0.15, 0.2) is 0 Å². The fourth-order valence-corrected chi connectivity index (χ4v) is 4.49. The predicted octanol–water partition coefficient (Wildman–Crippen LogP) is 3.56. The zero-order valence-electron chi connectivity index (χ0n) is 19.9. The van der Waals surface area contributed by atoms with E-state index in [0.717, 1.165) is 31.0 Å². The first kappa shape index (κ1) is 25.8. The number of halogens is 1. The quantitative estimate of drug-likeness (QED) is 0.432. The molecule has 182 valence electrons. The van der Waals surface area contributed by atoms with Gasteiger partial charge in [-0.1, -0.05) is 6.92 Å². The molecule has 0 unspecified atom stereocenters. The number of alkyl carbamates (subject to hydrolysis) is 1. The number of rotatable bonds is 5. The molecular weight excluding hydrogens is 500 g/mol. The molecule has 2 aliphatic rings. The van der Waals surface area contributed by atoms with Gasteiger partial charge in [0.2, 0.25) is 5.82 Å². The van der Waals surface area contributed by atoms with Crippen LogP contribution in [0.25, 0.3) is 0 Å². The molecular formula is C24H32BrN6O3+. The minimum Gasteiger partial charge on any atom is -0.444 e. The van der Waals surface area contributed by atoms with Crippen LogP contribution in [0.1, 0.15) is 58.4 Å². The maximum atomic E-state index is 13.0. The molecule has 3 rings (SSSR count). The lowest BCUT2D eigenvalue weighted by atomic mass is 9.76. The normalized spacial score (nSPS) is 24.0. The number of hydrogen-bond donors (Lipinski definition) is 4. The number of carbonyl (C=O) groups excluding carboxylic acids is 2. The standard InChI is InChI=1S/C24H31BrN6O3/c1-14-9-15(11-16(10-14)29-23(33)34-24(2,3)4)17-5-7-27-13-20(17)31-22(32)19-6-8-28-21(30-19)18(25)12-26/h5-8,12-16,26,28H,9-11H2,1-4H3,(H,29,33)(H,31,32)/p+1/b21-18-,26-12?/t14-,15+,16-/m0/s1. The summed E-state index contributed by atoms with van der Waals surface area (Å²) in [5.41, 5.74) is 1.30. The number of anilines is 1. The van der Waals surface area contributed by atoms with Gasteiger partial charge in [0.05, 0.1) is 11.9 Å². The van der Waals surface area contributed by atoms with Gasteiger partial charge in [-0.2, -0.15) is 4.99 Å². The molecule has 5 N–H and O–H groups in total. The van der Waals surface area contributed by atoms with Gasteiger partial charge in [-0.3, -0.25) is 15.1 Å². The predicted molar refractivity (Wildman–Crippen MR) is 135 cm³/mol. The molecule has 3 atom stereocenters. The van der Waals surface area contributed by atoms with E-state index in [9.17, 15) is 9.59 Å². The Morgan fingerprint density at radius 3 is 2.76 bits per heavy atom. The van der Waals surface area contributed by atoms with Crippen molar-refractivity contribution >= 4 is 45.5 Å². The number of nitrogens with two attached hydrogens (primary N) is 1. The van der Waals surface area contributed by atoms with Gasteiger partial charge in [0, 0.05) is 24.5 Å². The molecule has 0 aromatic carbocycles. The van der Waals surface area contributed by atoms with Gasteiger partial charge in [0.1, 0.15) is 22.0 Å². The van der Waals surface area contributed by atoms with Crippen molar-refractivity contribution in [3.05, 3.63) is 46.6 Å². The van der Waals surface area contributed by atoms with Crippen molar-refractivity contribution in [1.29, 1.82) is 5.41 Å². The summed E-state index contributed by atoms with van der Waals surface area (Å²) in [5.74, 6) is 0.685. The summed E-state index contributed by atoms with van der Waals surface area (Å²) in [6.45, 7) is 7.70. The van der Waals surface area contributed by atoms with E-state index in [2.05, 4.69) is 43.5 Å². The Bertz CT molecular complexity index is 1040. The lowest BCUT2D eigenvalue weighted by Crippen LogP contribution is -2.76. The second-order valence-corrected chi connectivity index (χ2v) is 10.5. The molecule has 1 aliphatic carbocycles. The summed E-state index contributed by atoms with van der Waals surface area (Å²) in [6, 6.07) is 1.90. The molecule has 0 radical (unpaired) electrons. The molecule has 1 aromatic rings. The van der Waals surface area contributed by atoms with Gasteiger partial charge >= 0.3 is 6.09 Å². The van der Waals surface area contributed by atoms with Gasteiger partial charge in [0.25, 0.3) is 5.91 Å². The Hall–Kier alpha value is -2.85. The Balaban J connectivity index is 1.76. The van der Waals surface area contributed by atoms with E-state index in [0.29, 0.717) is 21.9 Å². The van der Waals surface area contributed by atoms with E-state index in [1.54, 1.807) is 30.0 Å². The maximum absolute atomic E-state index is 13.0. The molecule has 34 heavy (non-hydrogen) atoms. The van der Waals surface area contributed by atoms with Gasteiger partial charge in [-0.25, -0.2) is 4.79 Å².